The van der Waals surface area contributed by atoms with E-state index >= 15 is 0 Å². The number of carbonyl (C=O) groups is 2. The smallest absolute Gasteiger partial charge is 0.270 e. The molecule has 7 heteroatoms. The third-order valence-electron chi connectivity index (χ3n) is 2.44. The van der Waals surface area contributed by atoms with E-state index in [0.717, 1.165) is 0 Å². The van der Waals surface area contributed by atoms with Crippen molar-refractivity contribution in [2.45, 2.75) is 6.42 Å². The largest absolute Gasteiger partial charge is 0.352 e. The molecule has 0 saturated heterocycles. The van der Waals surface area contributed by atoms with Gasteiger partial charge in [-0.15, -0.1) is 0 Å². The van der Waals surface area contributed by atoms with Gasteiger partial charge in [-0.1, -0.05) is 6.07 Å². The molecule has 7 nitrogen and oxygen atoms in total. The van der Waals surface area contributed by atoms with Gasteiger partial charge in [0.1, 0.15) is 0 Å². The normalized spacial score (nSPS) is 9.79. The number of non-ortho nitro benzene ring substituents is 1. The second kappa shape index (κ2) is 6.48. The van der Waals surface area contributed by atoms with Crippen molar-refractivity contribution in [2.75, 3.05) is 20.6 Å². The van der Waals surface area contributed by atoms with Crippen LogP contribution in [0.5, 0.6) is 0 Å². The van der Waals surface area contributed by atoms with Gasteiger partial charge < -0.3 is 10.2 Å². The van der Waals surface area contributed by atoms with E-state index in [0.29, 0.717) is 0 Å². The highest BCUT2D eigenvalue weighted by atomic mass is 16.6. The van der Waals surface area contributed by atoms with E-state index in [1.54, 1.807) is 14.1 Å². The summed E-state index contributed by atoms with van der Waals surface area (Å²) < 4.78 is 0. The molecule has 0 atom stereocenters. The number of carbonyl (C=O) groups excluding carboxylic acids is 2. The maximum absolute atomic E-state index is 11.7. The van der Waals surface area contributed by atoms with Crippen LogP contribution in [0.15, 0.2) is 24.3 Å². The topological polar surface area (TPSA) is 92.6 Å². The molecule has 102 valence electrons. The Morgan fingerprint density at radius 1 is 1.37 bits per heavy atom. The lowest BCUT2D eigenvalue weighted by Crippen LogP contribution is -2.30. The first-order valence-corrected chi connectivity index (χ1v) is 5.64. The third-order valence-corrected chi connectivity index (χ3v) is 2.44. The van der Waals surface area contributed by atoms with Crippen LogP contribution in [-0.4, -0.2) is 42.3 Å². The maximum Gasteiger partial charge on any atom is 0.270 e. The van der Waals surface area contributed by atoms with Crippen molar-refractivity contribution in [3.8, 4) is 0 Å². The van der Waals surface area contributed by atoms with Crippen LogP contribution < -0.4 is 5.32 Å². The van der Waals surface area contributed by atoms with E-state index < -0.39 is 10.8 Å². The quantitative estimate of drug-likeness (QED) is 0.629. The highest BCUT2D eigenvalue weighted by molar-refractivity contribution is 5.95. The van der Waals surface area contributed by atoms with Crippen LogP contribution in [0.25, 0.3) is 0 Å². The fourth-order valence-corrected chi connectivity index (χ4v) is 1.37. The molecule has 0 aromatic heterocycles. The number of nitrogens with zero attached hydrogens (tertiary/aromatic N) is 2. The zero-order valence-electron chi connectivity index (χ0n) is 10.8. The van der Waals surface area contributed by atoms with E-state index in [4.69, 9.17) is 0 Å². The van der Waals surface area contributed by atoms with Gasteiger partial charge in [0.15, 0.2) is 0 Å². The fourth-order valence-electron chi connectivity index (χ4n) is 1.37. The second-order valence-corrected chi connectivity index (χ2v) is 4.10. The molecule has 0 heterocycles. The number of rotatable bonds is 5. The first-order chi connectivity index (χ1) is 8.91. The van der Waals surface area contributed by atoms with E-state index in [1.165, 1.54) is 29.2 Å². The number of hydrogen-bond acceptors (Lipinski definition) is 4. The van der Waals surface area contributed by atoms with E-state index in [9.17, 15) is 19.7 Å². The molecule has 1 aromatic carbocycles. The fraction of sp³-hybridized carbons (Fsp3) is 0.333. The summed E-state index contributed by atoms with van der Waals surface area (Å²) in [6.45, 7) is 0.193. The Kier molecular flexibility index (Phi) is 4.99. The van der Waals surface area contributed by atoms with E-state index in [2.05, 4.69) is 5.32 Å². The van der Waals surface area contributed by atoms with Gasteiger partial charge in [0.05, 0.1) is 4.92 Å². The summed E-state index contributed by atoms with van der Waals surface area (Å²) in [6, 6.07) is 5.43. The highest BCUT2D eigenvalue weighted by Gasteiger charge is 2.11. The van der Waals surface area contributed by atoms with Gasteiger partial charge in [0.2, 0.25) is 5.91 Å². The molecular weight excluding hydrogens is 250 g/mol. The number of benzene rings is 1. The number of nitrogens with one attached hydrogen (secondary N) is 1. The third kappa shape index (κ3) is 4.38. The summed E-state index contributed by atoms with van der Waals surface area (Å²) in [4.78, 5) is 34.4. The van der Waals surface area contributed by atoms with Crippen LogP contribution in [0.1, 0.15) is 16.8 Å². The van der Waals surface area contributed by atoms with Crippen molar-refractivity contribution < 1.29 is 14.5 Å². The molecule has 0 aliphatic carbocycles. The number of nitro groups is 1. The van der Waals surface area contributed by atoms with Gasteiger partial charge in [-0.25, -0.2) is 0 Å². The molecule has 0 bridgehead atoms. The van der Waals surface area contributed by atoms with Crippen LogP contribution in [0.2, 0.25) is 0 Å². The molecule has 19 heavy (non-hydrogen) atoms. The molecule has 0 aliphatic rings. The maximum atomic E-state index is 11.7. The standard InChI is InChI=1S/C12H15N3O4/c1-14(2)11(16)6-7-13-12(17)9-4-3-5-10(8-9)15(18)19/h3-5,8H,6-7H2,1-2H3,(H,13,17). The number of hydrogen-bond donors (Lipinski definition) is 1. The molecule has 0 spiro atoms. The molecule has 0 radical (unpaired) electrons. The molecule has 1 aromatic rings. The summed E-state index contributed by atoms with van der Waals surface area (Å²) in [7, 11) is 3.26. The molecule has 0 saturated carbocycles. The van der Waals surface area contributed by atoms with Crippen LogP contribution in [-0.2, 0) is 4.79 Å². The lowest BCUT2D eigenvalue weighted by molar-refractivity contribution is -0.384. The van der Waals surface area contributed by atoms with E-state index in [1.807, 2.05) is 0 Å². The second-order valence-electron chi connectivity index (χ2n) is 4.10. The monoisotopic (exact) mass is 265 g/mol. The predicted octanol–water partition coefficient (Wildman–Crippen LogP) is 0.803. The van der Waals surface area contributed by atoms with Gasteiger partial charge in [0.25, 0.3) is 11.6 Å². The van der Waals surface area contributed by atoms with Crippen molar-refractivity contribution in [3.05, 3.63) is 39.9 Å². The summed E-state index contributed by atoms with van der Waals surface area (Å²) in [5.41, 5.74) is 0.0588. The lowest BCUT2D eigenvalue weighted by atomic mass is 10.2. The average Bonchev–Trinajstić information content (AvgIpc) is 2.38. The Hall–Kier alpha value is -2.44. The predicted molar refractivity (Wildman–Crippen MR) is 68.7 cm³/mol. The zero-order valence-corrected chi connectivity index (χ0v) is 10.8. The van der Waals surface area contributed by atoms with Crippen molar-refractivity contribution in [1.29, 1.82) is 0 Å². The Balaban J connectivity index is 2.57. The van der Waals surface area contributed by atoms with Gasteiger partial charge in [-0.3, -0.25) is 19.7 Å². The molecule has 1 N–H and O–H groups in total. The van der Waals surface area contributed by atoms with Gasteiger partial charge in [-0.05, 0) is 6.07 Å². The van der Waals surface area contributed by atoms with Crippen LogP contribution >= 0.6 is 0 Å². The molecule has 0 fully saturated rings. The molecule has 2 amide bonds. The molecule has 0 unspecified atom stereocenters. The van der Waals surface area contributed by atoms with Crippen molar-refractivity contribution in [1.82, 2.24) is 10.2 Å². The minimum atomic E-state index is -0.563. The van der Waals surface area contributed by atoms with Gasteiger partial charge in [-0.2, -0.15) is 0 Å². The average molecular weight is 265 g/mol. The highest BCUT2D eigenvalue weighted by Crippen LogP contribution is 2.12. The van der Waals surface area contributed by atoms with Gasteiger partial charge >= 0.3 is 0 Å². The summed E-state index contributed by atoms with van der Waals surface area (Å²) in [5.74, 6) is -0.533. The van der Waals surface area contributed by atoms with E-state index in [-0.39, 0.29) is 30.1 Å². The van der Waals surface area contributed by atoms with Crippen LogP contribution in [0.4, 0.5) is 5.69 Å². The van der Waals surface area contributed by atoms with Crippen LogP contribution in [0, 0.1) is 10.1 Å². The van der Waals surface area contributed by atoms with Gasteiger partial charge in [0, 0.05) is 44.8 Å². The van der Waals surface area contributed by atoms with Crippen LogP contribution in [0.3, 0.4) is 0 Å². The Bertz CT molecular complexity index is 500. The van der Waals surface area contributed by atoms with Crippen molar-refractivity contribution >= 4 is 17.5 Å². The van der Waals surface area contributed by atoms with Crippen molar-refractivity contribution in [3.63, 3.8) is 0 Å². The zero-order chi connectivity index (χ0) is 14.4. The molecule has 0 aliphatic heterocycles. The lowest BCUT2D eigenvalue weighted by Gasteiger charge is -2.10. The molecule has 1 rings (SSSR count). The Morgan fingerprint density at radius 2 is 2.05 bits per heavy atom. The summed E-state index contributed by atoms with van der Waals surface area (Å²) in [5, 5.41) is 13.1. The summed E-state index contributed by atoms with van der Waals surface area (Å²) in [6.07, 6.45) is 0.188. The SMILES string of the molecule is CN(C)C(=O)CCNC(=O)c1cccc([N+](=O)[O-])c1. The first-order valence-electron chi connectivity index (χ1n) is 5.64. The first kappa shape index (κ1) is 14.6. The number of amides is 2. The Labute approximate surface area is 110 Å². The number of nitro benzene ring substituents is 1. The minimum Gasteiger partial charge on any atom is -0.352 e. The molecular formula is C12H15N3O4. The summed E-state index contributed by atoms with van der Waals surface area (Å²) >= 11 is 0. The minimum absolute atomic E-state index is 0.0978. The van der Waals surface area contributed by atoms with Crippen molar-refractivity contribution in [2.24, 2.45) is 0 Å². The Morgan fingerprint density at radius 3 is 2.63 bits per heavy atom.